The third-order valence-corrected chi connectivity index (χ3v) is 7.82. The Morgan fingerprint density at radius 1 is 1.21 bits per heavy atom. The molecule has 7 nitrogen and oxygen atoms in total. The van der Waals surface area contributed by atoms with Gasteiger partial charge in [-0.25, -0.2) is 9.78 Å². The molecule has 0 radical (unpaired) electrons. The van der Waals surface area contributed by atoms with Crippen LogP contribution in [-0.2, 0) is 16.6 Å². The highest BCUT2D eigenvalue weighted by Gasteiger charge is 2.25. The molecule has 4 rings (SSSR count). The number of nitrogens with one attached hydrogen (secondary N) is 1. The maximum Gasteiger partial charge on any atom is 0.341 e. The Morgan fingerprint density at radius 3 is 2.70 bits per heavy atom. The smallest absolute Gasteiger partial charge is 0.341 e. The summed E-state index contributed by atoms with van der Waals surface area (Å²) in [5.74, 6) is -0.785. The van der Waals surface area contributed by atoms with Crippen molar-refractivity contribution in [1.29, 1.82) is 0 Å². The van der Waals surface area contributed by atoms with Crippen molar-refractivity contribution in [3.05, 3.63) is 63.1 Å². The fraction of sp³-hybridized carbons (Fsp3) is 0.217. The molecular formula is C23H21N3O4S3. The minimum absolute atomic E-state index is 0.138. The number of anilines is 1. The monoisotopic (exact) mass is 499 g/mol. The van der Waals surface area contributed by atoms with E-state index in [-0.39, 0.29) is 18.1 Å². The molecule has 33 heavy (non-hydrogen) atoms. The second-order valence-corrected chi connectivity index (χ2v) is 10.2. The Balaban J connectivity index is 1.59. The summed E-state index contributed by atoms with van der Waals surface area (Å²) in [6.45, 7) is 3.71. The van der Waals surface area contributed by atoms with Crippen molar-refractivity contribution in [2.75, 3.05) is 11.9 Å². The molecule has 1 atom stereocenters. The van der Waals surface area contributed by atoms with E-state index in [0.717, 1.165) is 5.56 Å². The molecule has 0 aliphatic carbocycles. The summed E-state index contributed by atoms with van der Waals surface area (Å²) in [5.41, 5.74) is 2.39. The fourth-order valence-electron chi connectivity index (χ4n) is 3.18. The lowest BCUT2D eigenvalue weighted by Crippen LogP contribution is -2.25. The fourth-order valence-corrected chi connectivity index (χ4v) is 5.82. The summed E-state index contributed by atoms with van der Waals surface area (Å²) in [5, 5.41) is 6.86. The van der Waals surface area contributed by atoms with Crippen molar-refractivity contribution >= 4 is 61.5 Å². The van der Waals surface area contributed by atoms with E-state index in [4.69, 9.17) is 4.74 Å². The quantitative estimate of drug-likeness (QED) is 0.218. The molecule has 0 saturated carbocycles. The summed E-state index contributed by atoms with van der Waals surface area (Å²) in [4.78, 5) is 42.8. The van der Waals surface area contributed by atoms with Crippen LogP contribution in [0.1, 0.15) is 24.2 Å². The lowest BCUT2D eigenvalue weighted by molar-refractivity contribution is -0.115. The van der Waals surface area contributed by atoms with E-state index in [1.165, 1.54) is 39.0 Å². The minimum atomic E-state index is -0.559. The predicted molar refractivity (Wildman–Crippen MR) is 135 cm³/mol. The van der Waals surface area contributed by atoms with Crippen molar-refractivity contribution < 1.29 is 14.3 Å². The average molecular weight is 500 g/mol. The van der Waals surface area contributed by atoms with Crippen molar-refractivity contribution in [2.24, 2.45) is 7.05 Å². The minimum Gasteiger partial charge on any atom is -0.462 e. The molecule has 3 heterocycles. The molecule has 1 unspecified atom stereocenters. The Hall–Kier alpha value is -2.95. The van der Waals surface area contributed by atoms with Crippen molar-refractivity contribution in [3.63, 3.8) is 0 Å². The van der Waals surface area contributed by atoms with E-state index in [9.17, 15) is 14.4 Å². The zero-order valence-corrected chi connectivity index (χ0v) is 20.6. The van der Waals surface area contributed by atoms with Gasteiger partial charge < -0.3 is 10.1 Å². The summed E-state index contributed by atoms with van der Waals surface area (Å²) in [6, 6.07) is 11.3. The third kappa shape index (κ3) is 4.73. The van der Waals surface area contributed by atoms with Crippen molar-refractivity contribution in [3.8, 4) is 11.1 Å². The number of esters is 1. The number of aromatic nitrogens is 2. The summed E-state index contributed by atoms with van der Waals surface area (Å²) in [6.07, 6.45) is 0. The Morgan fingerprint density at radius 2 is 1.97 bits per heavy atom. The number of ether oxygens (including phenoxy) is 1. The van der Waals surface area contributed by atoms with Crippen LogP contribution in [0, 0.1) is 0 Å². The predicted octanol–water partition coefficient (Wildman–Crippen LogP) is 5.02. The van der Waals surface area contributed by atoms with Gasteiger partial charge in [0, 0.05) is 18.0 Å². The van der Waals surface area contributed by atoms with Crippen LogP contribution in [0.25, 0.3) is 21.3 Å². The Bertz CT molecular complexity index is 1370. The average Bonchev–Trinajstić information content (AvgIpc) is 3.45. The summed E-state index contributed by atoms with van der Waals surface area (Å²) >= 11 is 3.81. The molecule has 10 heteroatoms. The number of thioether (sulfide) groups is 1. The molecule has 170 valence electrons. The molecule has 1 N–H and O–H groups in total. The van der Waals surface area contributed by atoms with Crippen LogP contribution < -0.4 is 10.9 Å². The first-order valence-corrected chi connectivity index (χ1v) is 12.8. The highest BCUT2D eigenvalue weighted by Crippen LogP contribution is 2.36. The molecule has 3 aromatic heterocycles. The van der Waals surface area contributed by atoms with E-state index in [1.807, 2.05) is 41.1 Å². The Labute approximate surface area is 202 Å². The number of nitrogens with zero attached hydrogens (tertiary/aromatic N) is 2. The number of carbonyl (C=O) groups is 2. The first-order chi connectivity index (χ1) is 15.9. The molecule has 0 fully saturated rings. The zero-order valence-electron chi connectivity index (χ0n) is 18.2. The largest absolute Gasteiger partial charge is 0.462 e. The van der Waals surface area contributed by atoms with Gasteiger partial charge in [0.25, 0.3) is 5.56 Å². The van der Waals surface area contributed by atoms with Gasteiger partial charge in [0.15, 0.2) is 5.16 Å². The maximum atomic E-state index is 13.0. The summed E-state index contributed by atoms with van der Waals surface area (Å²) in [7, 11) is 1.64. The van der Waals surface area contributed by atoms with Crippen molar-refractivity contribution in [2.45, 2.75) is 24.3 Å². The number of amides is 1. The molecule has 4 aromatic rings. The van der Waals surface area contributed by atoms with E-state index >= 15 is 0 Å². The molecule has 0 bridgehead atoms. The van der Waals surface area contributed by atoms with Crippen LogP contribution in [0.4, 0.5) is 5.00 Å². The van der Waals surface area contributed by atoms with E-state index in [2.05, 4.69) is 10.3 Å². The van der Waals surface area contributed by atoms with Gasteiger partial charge in [0.1, 0.15) is 15.3 Å². The van der Waals surface area contributed by atoms with Gasteiger partial charge in [-0.05, 0) is 30.9 Å². The van der Waals surface area contributed by atoms with E-state index in [0.29, 0.717) is 31.5 Å². The number of thiophene rings is 2. The number of rotatable bonds is 7. The van der Waals surface area contributed by atoms with Crippen LogP contribution in [0.5, 0.6) is 0 Å². The number of benzene rings is 1. The molecule has 0 aliphatic heterocycles. The molecule has 0 saturated heterocycles. The molecular weight excluding hydrogens is 478 g/mol. The highest BCUT2D eigenvalue weighted by atomic mass is 32.2. The number of carbonyl (C=O) groups excluding carboxylic acids is 2. The van der Waals surface area contributed by atoms with Gasteiger partial charge in [0.05, 0.1) is 17.4 Å². The lowest BCUT2D eigenvalue weighted by atomic mass is 10.0. The number of hydrogen-bond acceptors (Lipinski definition) is 8. The van der Waals surface area contributed by atoms with Gasteiger partial charge in [-0.2, -0.15) is 0 Å². The van der Waals surface area contributed by atoms with Crippen LogP contribution >= 0.6 is 34.4 Å². The Kier molecular flexibility index (Phi) is 6.96. The molecule has 1 aromatic carbocycles. The first kappa shape index (κ1) is 23.2. The third-order valence-electron chi connectivity index (χ3n) is 4.89. The topological polar surface area (TPSA) is 90.3 Å². The van der Waals surface area contributed by atoms with Crippen LogP contribution in [-0.4, -0.2) is 33.3 Å². The molecule has 1 amide bonds. The van der Waals surface area contributed by atoms with E-state index in [1.54, 1.807) is 27.0 Å². The van der Waals surface area contributed by atoms with Gasteiger partial charge in [-0.1, -0.05) is 42.1 Å². The van der Waals surface area contributed by atoms with Crippen LogP contribution in [0.2, 0.25) is 0 Å². The first-order valence-electron chi connectivity index (χ1n) is 10.2. The number of fused-ring (bicyclic) bond motifs is 1. The second kappa shape index (κ2) is 9.90. The summed E-state index contributed by atoms with van der Waals surface area (Å²) < 4.78 is 7.30. The molecule has 0 aliphatic rings. The van der Waals surface area contributed by atoms with E-state index < -0.39 is 11.2 Å². The zero-order chi connectivity index (χ0) is 23.5. The highest BCUT2D eigenvalue weighted by molar-refractivity contribution is 8.00. The van der Waals surface area contributed by atoms with Crippen molar-refractivity contribution in [1.82, 2.24) is 9.55 Å². The standard InChI is InChI=1S/C23H21N3O4S3/c1-4-30-22(29)17-15(14-8-6-5-7-9-14)12-32-20(17)25-19(27)13(2)33-23-24-16-10-11-31-18(16)21(28)26(23)3/h5-13H,4H2,1-3H3,(H,25,27). The second-order valence-electron chi connectivity index (χ2n) is 7.08. The SMILES string of the molecule is CCOC(=O)c1c(-c2ccccc2)csc1NC(=O)C(C)Sc1nc2ccsc2c(=O)n1C. The molecule has 0 spiro atoms. The van der Waals surface area contributed by atoms with Gasteiger partial charge in [0.2, 0.25) is 5.91 Å². The number of hydrogen-bond donors (Lipinski definition) is 1. The lowest BCUT2D eigenvalue weighted by Gasteiger charge is -2.14. The van der Waals surface area contributed by atoms with Crippen LogP contribution in [0.15, 0.2) is 57.1 Å². The maximum absolute atomic E-state index is 13.0. The van der Waals surface area contributed by atoms with Gasteiger partial charge >= 0.3 is 5.97 Å². The van der Waals surface area contributed by atoms with Crippen LogP contribution in [0.3, 0.4) is 0 Å². The van der Waals surface area contributed by atoms with Gasteiger partial charge in [-0.3, -0.25) is 14.2 Å². The normalized spacial score (nSPS) is 12.0. The van der Waals surface area contributed by atoms with Gasteiger partial charge in [-0.15, -0.1) is 22.7 Å².